The minimum atomic E-state index is -0.542. The van der Waals surface area contributed by atoms with E-state index in [1.54, 1.807) is 0 Å². The van der Waals surface area contributed by atoms with Crippen molar-refractivity contribution in [2.45, 2.75) is 26.0 Å². The van der Waals surface area contributed by atoms with Crippen molar-refractivity contribution in [3.63, 3.8) is 0 Å². The van der Waals surface area contributed by atoms with E-state index in [0.717, 1.165) is 22.1 Å². The molecule has 5 heteroatoms. The van der Waals surface area contributed by atoms with Gasteiger partial charge in [0.15, 0.2) is 17.6 Å². The van der Waals surface area contributed by atoms with Crippen LogP contribution in [0.3, 0.4) is 0 Å². The Labute approximate surface area is 157 Å². The van der Waals surface area contributed by atoms with Crippen molar-refractivity contribution in [1.29, 1.82) is 0 Å². The molecule has 138 valence electrons. The Bertz CT molecular complexity index is 969. The summed E-state index contributed by atoms with van der Waals surface area (Å²) in [6.45, 7) is 2.58. The summed E-state index contributed by atoms with van der Waals surface area (Å²) in [5.41, 5.74) is 0.952. The first-order valence-corrected chi connectivity index (χ1v) is 9.04. The van der Waals surface area contributed by atoms with Gasteiger partial charge in [-0.25, -0.2) is 0 Å². The molecule has 1 atom stereocenters. The summed E-state index contributed by atoms with van der Waals surface area (Å²) >= 11 is 0. The van der Waals surface area contributed by atoms with Gasteiger partial charge in [-0.2, -0.15) is 0 Å². The average Bonchev–Trinajstić information content (AvgIpc) is 3.18. The van der Waals surface area contributed by atoms with Crippen LogP contribution in [0.4, 0.5) is 0 Å². The summed E-state index contributed by atoms with van der Waals surface area (Å²) < 4.78 is 16.6. The Morgan fingerprint density at radius 2 is 1.85 bits per heavy atom. The molecule has 1 amide bonds. The fourth-order valence-electron chi connectivity index (χ4n) is 3.08. The topological polar surface area (TPSA) is 56.8 Å². The zero-order valence-corrected chi connectivity index (χ0v) is 15.1. The second kappa shape index (κ2) is 7.58. The Balaban J connectivity index is 1.40. The van der Waals surface area contributed by atoms with Gasteiger partial charge in [-0.1, -0.05) is 43.3 Å². The molecule has 0 aromatic heterocycles. The van der Waals surface area contributed by atoms with E-state index in [9.17, 15) is 4.79 Å². The number of carbonyl (C=O) groups is 1. The van der Waals surface area contributed by atoms with Crippen LogP contribution in [-0.4, -0.2) is 18.8 Å². The number of fused-ring (bicyclic) bond motifs is 2. The Kier molecular flexibility index (Phi) is 4.83. The minimum Gasteiger partial charge on any atom is -0.481 e. The predicted octanol–water partition coefficient (Wildman–Crippen LogP) is 4.04. The molecular weight excluding hydrogens is 342 g/mol. The first kappa shape index (κ1) is 17.2. The molecule has 0 bridgehead atoms. The van der Waals surface area contributed by atoms with Crippen LogP contribution in [-0.2, 0) is 11.3 Å². The second-order valence-corrected chi connectivity index (χ2v) is 6.43. The molecule has 5 nitrogen and oxygen atoms in total. The number of rotatable bonds is 6. The fourth-order valence-corrected chi connectivity index (χ4v) is 3.08. The van der Waals surface area contributed by atoms with Crippen LogP contribution in [0.2, 0.25) is 0 Å². The van der Waals surface area contributed by atoms with Gasteiger partial charge in [0.05, 0.1) is 0 Å². The van der Waals surface area contributed by atoms with Gasteiger partial charge in [0.1, 0.15) is 5.75 Å². The molecule has 1 N–H and O–H groups in total. The number of hydrogen-bond donors (Lipinski definition) is 1. The molecule has 1 unspecified atom stereocenters. The van der Waals surface area contributed by atoms with Crippen LogP contribution in [0, 0.1) is 0 Å². The molecule has 3 aromatic rings. The van der Waals surface area contributed by atoms with Crippen molar-refractivity contribution in [3.8, 4) is 17.2 Å². The minimum absolute atomic E-state index is 0.136. The Morgan fingerprint density at radius 1 is 1.04 bits per heavy atom. The lowest BCUT2D eigenvalue weighted by Crippen LogP contribution is -2.37. The summed E-state index contributed by atoms with van der Waals surface area (Å²) in [6.07, 6.45) is 0.0416. The maximum absolute atomic E-state index is 12.6. The molecule has 3 aromatic carbocycles. The Morgan fingerprint density at radius 3 is 2.70 bits per heavy atom. The lowest BCUT2D eigenvalue weighted by Gasteiger charge is -2.18. The van der Waals surface area contributed by atoms with E-state index >= 15 is 0 Å². The standard InChI is InChI=1S/C22H21NO4/c1-2-19(27-18-9-8-16-5-3-4-6-17(16)12-18)22(24)23-13-15-7-10-20-21(11-15)26-14-25-20/h3-12,19H,2,13-14H2,1H3,(H,23,24). The van der Waals surface area contributed by atoms with E-state index < -0.39 is 6.10 Å². The molecule has 1 aliphatic rings. The molecular formula is C22H21NO4. The maximum atomic E-state index is 12.6. The number of ether oxygens (including phenoxy) is 3. The third-order valence-electron chi connectivity index (χ3n) is 4.57. The zero-order valence-electron chi connectivity index (χ0n) is 15.1. The van der Waals surface area contributed by atoms with Crippen LogP contribution in [0.1, 0.15) is 18.9 Å². The van der Waals surface area contributed by atoms with Crippen molar-refractivity contribution in [2.75, 3.05) is 6.79 Å². The van der Waals surface area contributed by atoms with Crippen LogP contribution in [0.5, 0.6) is 17.2 Å². The van der Waals surface area contributed by atoms with Crippen molar-refractivity contribution in [3.05, 3.63) is 66.2 Å². The van der Waals surface area contributed by atoms with Gasteiger partial charge in [-0.15, -0.1) is 0 Å². The molecule has 27 heavy (non-hydrogen) atoms. The predicted molar refractivity (Wildman–Crippen MR) is 103 cm³/mol. The van der Waals surface area contributed by atoms with E-state index in [1.807, 2.05) is 61.5 Å². The highest BCUT2D eigenvalue weighted by Crippen LogP contribution is 2.32. The van der Waals surface area contributed by atoms with Gasteiger partial charge in [-0.05, 0) is 47.0 Å². The number of benzene rings is 3. The number of hydrogen-bond acceptors (Lipinski definition) is 4. The van der Waals surface area contributed by atoms with E-state index in [-0.39, 0.29) is 12.7 Å². The summed E-state index contributed by atoms with van der Waals surface area (Å²) in [6, 6.07) is 19.6. The van der Waals surface area contributed by atoms with Gasteiger partial charge in [0.2, 0.25) is 6.79 Å². The van der Waals surface area contributed by atoms with Gasteiger partial charge >= 0.3 is 0 Å². The molecule has 0 aliphatic carbocycles. The van der Waals surface area contributed by atoms with E-state index in [4.69, 9.17) is 14.2 Å². The van der Waals surface area contributed by atoms with Crippen LogP contribution < -0.4 is 19.5 Å². The highest BCUT2D eigenvalue weighted by molar-refractivity contribution is 5.84. The molecule has 0 saturated heterocycles. The highest BCUT2D eigenvalue weighted by atomic mass is 16.7. The van der Waals surface area contributed by atoms with Crippen LogP contribution >= 0.6 is 0 Å². The van der Waals surface area contributed by atoms with Crippen molar-refractivity contribution in [1.82, 2.24) is 5.32 Å². The van der Waals surface area contributed by atoms with Gasteiger partial charge < -0.3 is 19.5 Å². The summed E-state index contributed by atoms with van der Waals surface area (Å²) in [4.78, 5) is 12.6. The largest absolute Gasteiger partial charge is 0.481 e. The van der Waals surface area contributed by atoms with Gasteiger partial charge in [-0.3, -0.25) is 4.79 Å². The van der Waals surface area contributed by atoms with Crippen LogP contribution in [0.25, 0.3) is 10.8 Å². The maximum Gasteiger partial charge on any atom is 0.261 e. The monoisotopic (exact) mass is 363 g/mol. The average molecular weight is 363 g/mol. The molecule has 0 radical (unpaired) electrons. The molecule has 0 fully saturated rings. The van der Waals surface area contributed by atoms with Crippen molar-refractivity contribution in [2.24, 2.45) is 0 Å². The lowest BCUT2D eigenvalue weighted by molar-refractivity contribution is -0.128. The third-order valence-corrected chi connectivity index (χ3v) is 4.57. The summed E-state index contributed by atoms with van der Waals surface area (Å²) in [5, 5.41) is 5.17. The van der Waals surface area contributed by atoms with Crippen molar-refractivity contribution < 1.29 is 19.0 Å². The lowest BCUT2D eigenvalue weighted by atomic mass is 10.1. The summed E-state index contributed by atoms with van der Waals surface area (Å²) in [7, 11) is 0. The molecule has 0 spiro atoms. The molecule has 1 heterocycles. The third kappa shape index (κ3) is 3.82. The smallest absolute Gasteiger partial charge is 0.261 e. The first-order valence-electron chi connectivity index (χ1n) is 9.04. The zero-order chi connectivity index (χ0) is 18.6. The Hall–Kier alpha value is -3.21. The van der Waals surface area contributed by atoms with Gasteiger partial charge in [0, 0.05) is 6.54 Å². The first-order chi connectivity index (χ1) is 13.2. The number of nitrogens with one attached hydrogen (secondary N) is 1. The normalized spacial score (nSPS) is 13.4. The second-order valence-electron chi connectivity index (χ2n) is 6.43. The van der Waals surface area contributed by atoms with E-state index in [0.29, 0.717) is 24.5 Å². The molecule has 4 rings (SSSR count). The quantitative estimate of drug-likeness (QED) is 0.718. The van der Waals surface area contributed by atoms with Crippen LogP contribution in [0.15, 0.2) is 60.7 Å². The molecule has 0 saturated carbocycles. The summed E-state index contributed by atoms with van der Waals surface area (Å²) in [5.74, 6) is 2.00. The number of carbonyl (C=O) groups excluding carboxylic acids is 1. The number of amides is 1. The van der Waals surface area contributed by atoms with Crippen molar-refractivity contribution >= 4 is 16.7 Å². The molecule has 1 aliphatic heterocycles. The fraction of sp³-hybridized carbons (Fsp3) is 0.227. The van der Waals surface area contributed by atoms with Gasteiger partial charge in [0.25, 0.3) is 5.91 Å². The van der Waals surface area contributed by atoms with E-state index in [1.165, 1.54) is 0 Å². The van der Waals surface area contributed by atoms with E-state index in [2.05, 4.69) is 11.4 Å². The SMILES string of the molecule is CCC(Oc1ccc2ccccc2c1)C(=O)NCc1ccc2c(c1)OCO2. The highest BCUT2D eigenvalue weighted by Gasteiger charge is 2.19.